The molecule has 2 rings (SSSR count). The third-order valence-corrected chi connectivity index (χ3v) is 4.20. The van der Waals surface area contributed by atoms with Gasteiger partial charge in [-0.05, 0) is 26.7 Å². The summed E-state index contributed by atoms with van der Waals surface area (Å²) in [6.45, 7) is 12.0. The van der Waals surface area contributed by atoms with Gasteiger partial charge in [0, 0.05) is 31.2 Å². The van der Waals surface area contributed by atoms with Crippen molar-refractivity contribution in [3.8, 4) is 0 Å². The standard InChI is InChI=1S/C15H29N5/c1-5-7-13-9-19(14(6-2)8-16-13)10-15-17-11-18-20(15)12(3)4/h11-14,16H,5-10H2,1-4H3. The van der Waals surface area contributed by atoms with Gasteiger partial charge in [0.25, 0.3) is 0 Å². The first-order valence-electron chi connectivity index (χ1n) is 8.01. The van der Waals surface area contributed by atoms with Gasteiger partial charge in [-0.15, -0.1) is 0 Å². The first kappa shape index (κ1) is 15.4. The predicted octanol–water partition coefficient (Wildman–Crippen LogP) is 2.21. The maximum absolute atomic E-state index is 4.46. The first-order chi connectivity index (χ1) is 9.65. The Hall–Kier alpha value is -0.940. The van der Waals surface area contributed by atoms with Crippen LogP contribution in [0.1, 0.15) is 58.8 Å². The van der Waals surface area contributed by atoms with E-state index < -0.39 is 0 Å². The summed E-state index contributed by atoms with van der Waals surface area (Å²) < 4.78 is 2.05. The van der Waals surface area contributed by atoms with Gasteiger partial charge in [0.1, 0.15) is 12.2 Å². The number of aromatic nitrogens is 3. The summed E-state index contributed by atoms with van der Waals surface area (Å²) in [6, 6.07) is 1.61. The summed E-state index contributed by atoms with van der Waals surface area (Å²) in [6.07, 6.45) is 5.36. The van der Waals surface area contributed by atoms with E-state index >= 15 is 0 Å². The SMILES string of the molecule is CCCC1CN(Cc2ncnn2C(C)C)C(CC)CN1. The van der Waals surface area contributed by atoms with E-state index in [4.69, 9.17) is 0 Å². The zero-order valence-electron chi connectivity index (χ0n) is 13.3. The molecule has 20 heavy (non-hydrogen) atoms. The highest BCUT2D eigenvalue weighted by Crippen LogP contribution is 2.17. The third-order valence-electron chi connectivity index (χ3n) is 4.20. The fraction of sp³-hybridized carbons (Fsp3) is 0.867. The highest BCUT2D eigenvalue weighted by atomic mass is 15.4. The quantitative estimate of drug-likeness (QED) is 0.867. The van der Waals surface area contributed by atoms with Crippen molar-refractivity contribution in [1.29, 1.82) is 0 Å². The summed E-state index contributed by atoms with van der Waals surface area (Å²) in [7, 11) is 0. The minimum absolute atomic E-state index is 0.377. The molecule has 1 N–H and O–H groups in total. The van der Waals surface area contributed by atoms with E-state index in [0.717, 1.165) is 25.5 Å². The largest absolute Gasteiger partial charge is 0.311 e. The van der Waals surface area contributed by atoms with Gasteiger partial charge < -0.3 is 5.32 Å². The molecule has 1 fully saturated rings. The van der Waals surface area contributed by atoms with Gasteiger partial charge in [-0.1, -0.05) is 20.3 Å². The number of piperazine rings is 1. The molecule has 1 aromatic rings. The molecule has 2 atom stereocenters. The Kier molecular flexibility index (Phi) is 5.54. The maximum Gasteiger partial charge on any atom is 0.141 e. The molecule has 5 heteroatoms. The van der Waals surface area contributed by atoms with Crippen molar-refractivity contribution in [2.75, 3.05) is 13.1 Å². The number of rotatable bonds is 6. The lowest BCUT2D eigenvalue weighted by Gasteiger charge is -2.40. The van der Waals surface area contributed by atoms with Gasteiger partial charge in [0.2, 0.25) is 0 Å². The molecule has 0 aliphatic carbocycles. The van der Waals surface area contributed by atoms with Crippen LogP contribution in [-0.4, -0.2) is 44.8 Å². The molecule has 0 radical (unpaired) electrons. The molecule has 0 spiro atoms. The number of nitrogens with zero attached hydrogens (tertiary/aromatic N) is 4. The van der Waals surface area contributed by atoms with Crippen molar-refractivity contribution in [1.82, 2.24) is 25.0 Å². The van der Waals surface area contributed by atoms with Crippen LogP contribution in [0.3, 0.4) is 0 Å². The molecular weight excluding hydrogens is 250 g/mol. The second-order valence-electron chi connectivity index (χ2n) is 6.10. The van der Waals surface area contributed by atoms with Gasteiger partial charge in [0.05, 0.1) is 6.54 Å². The normalized spacial score (nSPS) is 24.4. The van der Waals surface area contributed by atoms with Crippen LogP contribution >= 0.6 is 0 Å². The molecule has 0 saturated carbocycles. The maximum atomic E-state index is 4.46. The fourth-order valence-electron chi connectivity index (χ4n) is 3.07. The van der Waals surface area contributed by atoms with E-state index in [9.17, 15) is 0 Å². The molecule has 114 valence electrons. The summed E-state index contributed by atoms with van der Waals surface area (Å²) in [5.74, 6) is 1.09. The fourth-order valence-corrected chi connectivity index (χ4v) is 3.07. The van der Waals surface area contributed by atoms with Crippen LogP contribution in [0.5, 0.6) is 0 Å². The number of hydrogen-bond acceptors (Lipinski definition) is 4. The Labute approximate surface area is 122 Å². The lowest BCUT2D eigenvalue weighted by atomic mass is 10.0. The molecule has 2 unspecified atom stereocenters. The topological polar surface area (TPSA) is 46.0 Å². The predicted molar refractivity (Wildman–Crippen MR) is 81.6 cm³/mol. The Bertz CT molecular complexity index is 401. The van der Waals surface area contributed by atoms with Crippen LogP contribution in [0.4, 0.5) is 0 Å². The van der Waals surface area contributed by atoms with E-state index in [-0.39, 0.29) is 0 Å². The molecule has 1 saturated heterocycles. The van der Waals surface area contributed by atoms with Crippen molar-refractivity contribution < 1.29 is 0 Å². The zero-order chi connectivity index (χ0) is 14.5. The molecule has 1 aliphatic rings. The third kappa shape index (κ3) is 3.58. The molecular formula is C15H29N5. The lowest BCUT2D eigenvalue weighted by Crippen LogP contribution is -2.55. The van der Waals surface area contributed by atoms with Crippen LogP contribution in [-0.2, 0) is 6.54 Å². The van der Waals surface area contributed by atoms with Gasteiger partial charge in [0.15, 0.2) is 0 Å². The highest BCUT2D eigenvalue weighted by molar-refractivity contribution is 4.92. The van der Waals surface area contributed by atoms with E-state index in [1.807, 2.05) is 4.68 Å². The van der Waals surface area contributed by atoms with Crippen molar-refractivity contribution >= 4 is 0 Å². The average molecular weight is 279 g/mol. The van der Waals surface area contributed by atoms with Crippen molar-refractivity contribution in [2.45, 2.75) is 71.6 Å². The average Bonchev–Trinajstić information content (AvgIpc) is 2.88. The molecule has 0 amide bonds. The highest BCUT2D eigenvalue weighted by Gasteiger charge is 2.27. The second-order valence-corrected chi connectivity index (χ2v) is 6.10. The van der Waals surface area contributed by atoms with Crippen LogP contribution < -0.4 is 5.32 Å². The van der Waals surface area contributed by atoms with Gasteiger partial charge >= 0.3 is 0 Å². The van der Waals surface area contributed by atoms with Crippen molar-refractivity contribution in [3.63, 3.8) is 0 Å². The summed E-state index contributed by atoms with van der Waals surface area (Å²) in [5, 5.41) is 8.03. The molecule has 1 aromatic heterocycles. The van der Waals surface area contributed by atoms with Gasteiger partial charge in [-0.2, -0.15) is 5.10 Å². The van der Waals surface area contributed by atoms with E-state index in [2.05, 4.69) is 48.0 Å². The Balaban J connectivity index is 2.05. The summed E-state index contributed by atoms with van der Waals surface area (Å²) >= 11 is 0. The van der Waals surface area contributed by atoms with E-state index in [1.54, 1.807) is 6.33 Å². The van der Waals surface area contributed by atoms with E-state index in [1.165, 1.54) is 19.3 Å². The molecule has 2 heterocycles. The molecule has 1 aliphatic heterocycles. The Morgan fingerprint density at radius 3 is 2.85 bits per heavy atom. The lowest BCUT2D eigenvalue weighted by molar-refractivity contribution is 0.110. The van der Waals surface area contributed by atoms with Crippen LogP contribution in [0.15, 0.2) is 6.33 Å². The zero-order valence-corrected chi connectivity index (χ0v) is 13.3. The minimum atomic E-state index is 0.377. The molecule has 5 nitrogen and oxygen atoms in total. The number of nitrogens with one attached hydrogen (secondary N) is 1. The monoisotopic (exact) mass is 279 g/mol. The number of hydrogen-bond donors (Lipinski definition) is 1. The van der Waals surface area contributed by atoms with E-state index in [0.29, 0.717) is 18.1 Å². The first-order valence-corrected chi connectivity index (χ1v) is 8.01. The molecule has 0 aromatic carbocycles. The van der Waals surface area contributed by atoms with Crippen LogP contribution in [0.2, 0.25) is 0 Å². The Morgan fingerprint density at radius 2 is 2.20 bits per heavy atom. The van der Waals surface area contributed by atoms with Crippen LogP contribution in [0.25, 0.3) is 0 Å². The summed E-state index contributed by atoms with van der Waals surface area (Å²) in [5.41, 5.74) is 0. The minimum Gasteiger partial charge on any atom is -0.311 e. The summed E-state index contributed by atoms with van der Waals surface area (Å²) in [4.78, 5) is 7.04. The van der Waals surface area contributed by atoms with Crippen molar-refractivity contribution in [3.05, 3.63) is 12.2 Å². The Morgan fingerprint density at radius 1 is 1.40 bits per heavy atom. The van der Waals surface area contributed by atoms with Crippen LogP contribution in [0, 0.1) is 0 Å². The van der Waals surface area contributed by atoms with Crippen molar-refractivity contribution in [2.24, 2.45) is 0 Å². The van der Waals surface area contributed by atoms with Gasteiger partial charge in [-0.25, -0.2) is 9.67 Å². The smallest absolute Gasteiger partial charge is 0.141 e. The van der Waals surface area contributed by atoms with Gasteiger partial charge in [-0.3, -0.25) is 4.90 Å². The molecule has 0 bridgehead atoms. The second kappa shape index (κ2) is 7.18.